The second-order valence-electron chi connectivity index (χ2n) is 6.09. The predicted octanol–water partition coefficient (Wildman–Crippen LogP) is 4.06. The van der Waals surface area contributed by atoms with Gasteiger partial charge in [0, 0.05) is 23.8 Å². The first-order valence-corrected chi connectivity index (χ1v) is 8.58. The number of rotatable bonds is 8. The molecule has 23 heavy (non-hydrogen) atoms. The Bertz CT molecular complexity index is 664. The normalized spacial score (nSPS) is 12.3. The Kier molecular flexibility index (Phi) is 6.04. The van der Waals surface area contributed by atoms with Gasteiger partial charge < -0.3 is 5.11 Å². The number of carbonyl (C=O) groups is 2. The van der Waals surface area contributed by atoms with Crippen LogP contribution in [0.3, 0.4) is 0 Å². The summed E-state index contributed by atoms with van der Waals surface area (Å²) < 4.78 is 0. The predicted molar refractivity (Wildman–Crippen MR) is 91.5 cm³/mol. The highest BCUT2D eigenvalue weighted by molar-refractivity contribution is 7.13. The van der Waals surface area contributed by atoms with Crippen LogP contribution in [0.2, 0.25) is 0 Å². The first-order chi connectivity index (χ1) is 11.0. The quantitative estimate of drug-likeness (QED) is 0.792. The Morgan fingerprint density at radius 3 is 2.52 bits per heavy atom. The third-order valence-corrected chi connectivity index (χ3v) is 4.47. The van der Waals surface area contributed by atoms with E-state index in [2.05, 4.69) is 4.98 Å². The maximum atomic E-state index is 12.2. The second kappa shape index (κ2) is 8.02. The molecule has 0 bridgehead atoms. The van der Waals surface area contributed by atoms with Gasteiger partial charge in [-0.1, -0.05) is 44.2 Å². The van der Waals surface area contributed by atoms with Gasteiger partial charge in [-0.15, -0.1) is 11.3 Å². The molecule has 5 heteroatoms. The molecule has 0 amide bonds. The number of Topliss-reactive ketones (excluding diaryl/α,β-unsaturated/α-hetero) is 1. The molecular weight excluding hydrogens is 310 g/mol. The van der Waals surface area contributed by atoms with Crippen LogP contribution in [0.15, 0.2) is 35.7 Å². The number of carbonyl (C=O) groups excluding carboxylic acids is 1. The van der Waals surface area contributed by atoms with Crippen LogP contribution in [0, 0.1) is 11.8 Å². The SMILES string of the molecule is CC(C)C[C@H](CC(=O)Cc1csc(-c2ccccc2)n1)C(=O)O. The van der Waals surface area contributed by atoms with E-state index in [4.69, 9.17) is 0 Å². The number of hydrogen-bond acceptors (Lipinski definition) is 4. The number of aromatic nitrogens is 1. The molecule has 0 aliphatic carbocycles. The minimum Gasteiger partial charge on any atom is -0.481 e. The van der Waals surface area contributed by atoms with Gasteiger partial charge in [0.15, 0.2) is 0 Å². The highest BCUT2D eigenvalue weighted by Crippen LogP contribution is 2.24. The number of carboxylic acids is 1. The van der Waals surface area contributed by atoms with Gasteiger partial charge >= 0.3 is 5.97 Å². The van der Waals surface area contributed by atoms with Gasteiger partial charge in [-0.05, 0) is 12.3 Å². The number of hydrogen-bond donors (Lipinski definition) is 1. The lowest BCUT2D eigenvalue weighted by Gasteiger charge is -2.13. The van der Waals surface area contributed by atoms with E-state index in [0.29, 0.717) is 12.1 Å². The standard InChI is InChI=1S/C18H21NO3S/c1-12(2)8-14(18(21)22)9-16(20)10-15-11-23-17(19-15)13-6-4-3-5-7-13/h3-7,11-12,14H,8-10H2,1-2H3,(H,21,22)/t14-/m1/s1. The smallest absolute Gasteiger partial charge is 0.306 e. The van der Waals surface area contributed by atoms with Gasteiger partial charge in [-0.2, -0.15) is 0 Å². The summed E-state index contributed by atoms with van der Waals surface area (Å²) >= 11 is 1.50. The highest BCUT2D eigenvalue weighted by atomic mass is 32.1. The van der Waals surface area contributed by atoms with Crippen molar-refractivity contribution >= 4 is 23.1 Å². The molecule has 0 unspecified atom stereocenters. The van der Waals surface area contributed by atoms with Gasteiger partial charge in [0.2, 0.25) is 0 Å². The molecule has 1 N–H and O–H groups in total. The molecule has 0 aliphatic heterocycles. The summed E-state index contributed by atoms with van der Waals surface area (Å²) in [5.74, 6) is -1.30. The molecular formula is C18H21NO3S. The molecule has 0 saturated carbocycles. The van der Waals surface area contributed by atoms with E-state index in [-0.39, 0.29) is 24.5 Å². The van der Waals surface area contributed by atoms with Crippen LogP contribution in [-0.2, 0) is 16.0 Å². The monoisotopic (exact) mass is 331 g/mol. The number of nitrogens with zero attached hydrogens (tertiary/aromatic N) is 1. The van der Waals surface area contributed by atoms with Gasteiger partial charge in [-0.25, -0.2) is 4.98 Å². The lowest BCUT2D eigenvalue weighted by Crippen LogP contribution is -2.20. The Morgan fingerprint density at radius 2 is 1.91 bits per heavy atom. The molecule has 1 aromatic carbocycles. The van der Waals surface area contributed by atoms with Crippen molar-refractivity contribution < 1.29 is 14.7 Å². The van der Waals surface area contributed by atoms with Crippen LogP contribution in [0.5, 0.6) is 0 Å². The summed E-state index contributed by atoms with van der Waals surface area (Å²) in [4.78, 5) is 27.9. The molecule has 0 fully saturated rings. The Balaban J connectivity index is 1.98. The number of ketones is 1. The molecule has 4 nitrogen and oxygen atoms in total. The summed E-state index contributed by atoms with van der Waals surface area (Å²) in [6.07, 6.45) is 0.796. The Hall–Kier alpha value is -2.01. The number of thiazole rings is 1. The molecule has 2 rings (SSSR count). The van der Waals surface area contributed by atoms with E-state index in [1.54, 1.807) is 0 Å². The maximum Gasteiger partial charge on any atom is 0.306 e. The summed E-state index contributed by atoms with van der Waals surface area (Å²) in [5, 5.41) is 12.0. The van der Waals surface area contributed by atoms with Crippen molar-refractivity contribution in [2.24, 2.45) is 11.8 Å². The van der Waals surface area contributed by atoms with Gasteiger partial charge in [-0.3, -0.25) is 9.59 Å². The third-order valence-electron chi connectivity index (χ3n) is 3.53. The van der Waals surface area contributed by atoms with Gasteiger partial charge in [0.05, 0.1) is 11.6 Å². The van der Waals surface area contributed by atoms with Crippen LogP contribution < -0.4 is 0 Å². The largest absolute Gasteiger partial charge is 0.481 e. The van der Waals surface area contributed by atoms with Crippen LogP contribution in [0.25, 0.3) is 10.6 Å². The molecule has 2 aromatic rings. The summed E-state index contributed by atoms with van der Waals surface area (Å²) in [7, 11) is 0. The number of benzene rings is 1. The minimum atomic E-state index is -0.893. The highest BCUT2D eigenvalue weighted by Gasteiger charge is 2.22. The molecule has 0 aliphatic rings. The molecule has 0 radical (unpaired) electrons. The first kappa shape index (κ1) is 17.3. The topological polar surface area (TPSA) is 67.3 Å². The van der Waals surface area contributed by atoms with E-state index in [1.165, 1.54) is 11.3 Å². The van der Waals surface area contributed by atoms with E-state index in [0.717, 1.165) is 10.6 Å². The average Bonchev–Trinajstić information content (AvgIpc) is 2.95. The van der Waals surface area contributed by atoms with Crippen molar-refractivity contribution in [1.82, 2.24) is 4.98 Å². The maximum absolute atomic E-state index is 12.2. The van der Waals surface area contributed by atoms with Crippen molar-refractivity contribution in [2.45, 2.75) is 33.1 Å². The van der Waals surface area contributed by atoms with Crippen molar-refractivity contribution in [3.8, 4) is 10.6 Å². The van der Waals surface area contributed by atoms with Crippen molar-refractivity contribution in [2.75, 3.05) is 0 Å². The van der Waals surface area contributed by atoms with Crippen molar-refractivity contribution in [3.05, 3.63) is 41.4 Å². The zero-order valence-electron chi connectivity index (χ0n) is 13.4. The lowest BCUT2D eigenvalue weighted by atomic mass is 9.91. The third kappa shape index (κ3) is 5.28. The molecule has 122 valence electrons. The molecule has 1 atom stereocenters. The van der Waals surface area contributed by atoms with E-state index in [1.807, 2.05) is 49.6 Å². The van der Waals surface area contributed by atoms with E-state index in [9.17, 15) is 14.7 Å². The number of aliphatic carboxylic acids is 1. The first-order valence-electron chi connectivity index (χ1n) is 7.70. The average molecular weight is 331 g/mol. The van der Waals surface area contributed by atoms with Gasteiger partial charge in [0.25, 0.3) is 0 Å². The summed E-state index contributed by atoms with van der Waals surface area (Å²) in [5.41, 5.74) is 1.74. The van der Waals surface area contributed by atoms with Crippen LogP contribution >= 0.6 is 11.3 Å². The lowest BCUT2D eigenvalue weighted by molar-refractivity contribution is -0.144. The van der Waals surface area contributed by atoms with Crippen LogP contribution in [-0.4, -0.2) is 21.8 Å². The fraction of sp³-hybridized carbons (Fsp3) is 0.389. The van der Waals surface area contributed by atoms with E-state index >= 15 is 0 Å². The summed E-state index contributed by atoms with van der Waals surface area (Å²) in [6, 6.07) is 9.80. The van der Waals surface area contributed by atoms with Crippen LogP contribution in [0.1, 0.15) is 32.4 Å². The zero-order valence-corrected chi connectivity index (χ0v) is 14.2. The van der Waals surface area contributed by atoms with Crippen LogP contribution in [0.4, 0.5) is 0 Å². The summed E-state index contributed by atoms with van der Waals surface area (Å²) in [6.45, 7) is 3.93. The van der Waals surface area contributed by atoms with Crippen molar-refractivity contribution in [3.63, 3.8) is 0 Å². The Morgan fingerprint density at radius 1 is 1.22 bits per heavy atom. The van der Waals surface area contributed by atoms with E-state index < -0.39 is 11.9 Å². The zero-order chi connectivity index (χ0) is 16.8. The molecule has 0 saturated heterocycles. The molecule has 0 spiro atoms. The molecule has 1 aromatic heterocycles. The minimum absolute atomic E-state index is 0.0667. The number of carboxylic acid groups (broad SMARTS) is 1. The molecule has 1 heterocycles. The fourth-order valence-corrected chi connectivity index (χ4v) is 3.32. The fourth-order valence-electron chi connectivity index (χ4n) is 2.49. The van der Waals surface area contributed by atoms with Crippen molar-refractivity contribution in [1.29, 1.82) is 0 Å². The Labute approximate surface area is 140 Å². The van der Waals surface area contributed by atoms with Gasteiger partial charge in [0.1, 0.15) is 10.8 Å². The second-order valence-corrected chi connectivity index (χ2v) is 6.95.